The Morgan fingerprint density at radius 3 is 1.65 bits per heavy atom. The zero-order valence-corrected chi connectivity index (χ0v) is 32.4. The normalized spacial score (nSPS) is 11.0. The molecule has 14 nitrogen and oxygen atoms in total. The number of carbonyl (C=O) groups is 1. The molecule has 0 saturated carbocycles. The molecule has 0 spiro atoms. The Hall–Kier alpha value is -8.66. The van der Waals surface area contributed by atoms with Crippen LogP contribution in [-0.4, -0.2) is 65.9 Å². The van der Waals surface area contributed by atoms with Crippen LogP contribution < -0.4 is 5.32 Å². The van der Waals surface area contributed by atoms with Gasteiger partial charge in [0.2, 0.25) is 5.95 Å². The Morgan fingerprint density at radius 2 is 1.11 bits per heavy atom. The van der Waals surface area contributed by atoms with Crippen molar-refractivity contribution in [3.05, 3.63) is 175 Å². The molecule has 62 heavy (non-hydrogen) atoms. The summed E-state index contributed by atoms with van der Waals surface area (Å²) in [4.78, 5) is 56.2. The van der Waals surface area contributed by atoms with E-state index in [2.05, 4.69) is 50.2 Å². The topological polar surface area (TPSA) is 197 Å². The number of benzene rings is 1. The van der Waals surface area contributed by atoms with Crippen LogP contribution in [0.2, 0.25) is 0 Å². The van der Waals surface area contributed by atoms with Gasteiger partial charge in [-0.25, -0.2) is 28.5 Å². The summed E-state index contributed by atoms with van der Waals surface area (Å²) in [6.07, 6.45) is 16.9. The first kappa shape index (κ1) is 38.8. The van der Waals surface area contributed by atoms with Gasteiger partial charge < -0.3 is 20.4 Å². The second kappa shape index (κ2) is 17.3. The Labute approximate surface area is 351 Å². The zero-order valence-electron chi connectivity index (χ0n) is 32.4. The monoisotopic (exact) mass is 822 g/mol. The molecule has 0 aliphatic heterocycles. The average molecular weight is 823 g/mol. The number of imidazole rings is 2. The summed E-state index contributed by atoms with van der Waals surface area (Å²) in [7, 11) is 0. The number of rotatable bonds is 10. The molecule has 0 unspecified atom stereocenters. The Kier molecular flexibility index (Phi) is 10.8. The summed E-state index contributed by atoms with van der Waals surface area (Å²) in [6, 6.07) is 24.8. The van der Waals surface area contributed by atoms with E-state index in [-0.39, 0.29) is 5.56 Å². The van der Waals surface area contributed by atoms with E-state index < -0.39 is 17.6 Å². The van der Waals surface area contributed by atoms with Crippen molar-refractivity contribution in [2.75, 3.05) is 5.32 Å². The smallest absolute Gasteiger partial charge is 0.335 e. The molecule has 9 aromatic heterocycles. The number of aryl methyl sites for hydroxylation is 2. The van der Waals surface area contributed by atoms with E-state index in [0.29, 0.717) is 74.8 Å². The van der Waals surface area contributed by atoms with Gasteiger partial charge in [-0.1, -0.05) is 12.1 Å². The number of halogens is 2. The van der Waals surface area contributed by atoms with Crippen molar-refractivity contribution in [2.24, 2.45) is 0 Å². The fraction of sp³-hybridized carbons (Fsp3) is 0.0435. The minimum atomic E-state index is -0.948. The molecule has 16 heteroatoms. The van der Waals surface area contributed by atoms with Gasteiger partial charge in [-0.05, 0) is 84.8 Å². The van der Waals surface area contributed by atoms with Crippen LogP contribution in [0.3, 0.4) is 0 Å². The lowest BCUT2D eigenvalue weighted by atomic mass is 10.0. The van der Waals surface area contributed by atoms with Gasteiger partial charge in [-0.2, -0.15) is 4.98 Å². The molecule has 1 aromatic carbocycles. The minimum absolute atomic E-state index is 0.255. The largest absolute Gasteiger partial charge is 0.478 e. The number of aromatic nitrogens is 11. The predicted molar refractivity (Wildman–Crippen MR) is 229 cm³/mol. The molecule has 0 radical (unpaired) electrons. The third-order valence-electron chi connectivity index (χ3n) is 9.77. The third kappa shape index (κ3) is 8.42. The molecule has 302 valence electrons. The number of fused-ring (bicyclic) bond motifs is 2. The van der Waals surface area contributed by atoms with Crippen LogP contribution in [0.1, 0.15) is 21.7 Å². The first-order chi connectivity index (χ1) is 30.4. The minimum Gasteiger partial charge on any atom is -0.478 e. The molecule has 0 bridgehead atoms. The first-order valence-corrected chi connectivity index (χ1v) is 19.2. The van der Waals surface area contributed by atoms with E-state index >= 15 is 0 Å². The molecule has 10 aromatic rings. The summed E-state index contributed by atoms with van der Waals surface area (Å²) < 4.78 is 29.1. The number of hydrogen-bond donors (Lipinski definition) is 4. The lowest BCUT2D eigenvalue weighted by Crippen LogP contribution is -1.97. The number of nitrogens with zero attached hydrogens (tertiary/aromatic N) is 9. The summed E-state index contributed by atoms with van der Waals surface area (Å²) in [5.41, 5.74) is 9.22. The van der Waals surface area contributed by atoms with Crippen molar-refractivity contribution in [3.8, 4) is 44.8 Å². The molecule has 0 atom stereocenters. The first-order valence-electron chi connectivity index (χ1n) is 19.2. The third-order valence-corrected chi connectivity index (χ3v) is 9.77. The van der Waals surface area contributed by atoms with E-state index in [1.807, 2.05) is 42.5 Å². The highest BCUT2D eigenvalue weighted by molar-refractivity contribution is 5.91. The van der Waals surface area contributed by atoms with Crippen LogP contribution >= 0.6 is 0 Å². The maximum atomic E-state index is 14.6. The second-order valence-corrected chi connectivity index (χ2v) is 13.8. The van der Waals surface area contributed by atoms with E-state index in [1.54, 1.807) is 92.0 Å². The summed E-state index contributed by atoms with van der Waals surface area (Å²) in [5.74, 6) is -0.551. The number of pyridine rings is 7. The highest BCUT2D eigenvalue weighted by Crippen LogP contribution is 2.35. The standard InChI is InChI=1S/C25H18FN5O2.C21H14FN7/c26-20-14-28-11-9-18(20)19-12-21-24(31-23(19)17-2-1-10-27-13-17)30-22(29-21)8-5-15-3-6-16(7-4-15)25(32)33;22-17-12-25-8-5-15(17)16-9-18-20(28-19(16)13-3-1-6-23-10-13)29-21(27-18)26-14-4-2-7-24-11-14/h1-4,6-7,9-14H,5,8H2,(H,32,33)(H,29,30,31);1-12H,(H2,26,27,28,29). The fourth-order valence-electron chi connectivity index (χ4n) is 6.81. The van der Waals surface area contributed by atoms with Crippen molar-refractivity contribution in [1.29, 1.82) is 0 Å². The molecule has 10 rings (SSSR count). The van der Waals surface area contributed by atoms with Gasteiger partial charge in [-0.3, -0.25) is 24.9 Å². The molecule has 0 fully saturated rings. The highest BCUT2D eigenvalue weighted by atomic mass is 19.1. The van der Waals surface area contributed by atoms with Gasteiger partial charge in [-0.15, -0.1) is 0 Å². The summed E-state index contributed by atoms with van der Waals surface area (Å²) >= 11 is 0. The van der Waals surface area contributed by atoms with Gasteiger partial charge in [0.25, 0.3) is 0 Å². The van der Waals surface area contributed by atoms with Crippen molar-refractivity contribution in [3.63, 3.8) is 0 Å². The number of aromatic carboxylic acids is 1. The van der Waals surface area contributed by atoms with E-state index in [0.717, 1.165) is 28.2 Å². The predicted octanol–water partition coefficient (Wildman–Crippen LogP) is 9.06. The molecule has 0 aliphatic carbocycles. The zero-order chi connectivity index (χ0) is 42.4. The van der Waals surface area contributed by atoms with Gasteiger partial charge in [0, 0.05) is 83.2 Å². The number of anilines is 2. The Balaban J connectivity index is 0.000000159. The molecule has 9 heterocycles. The van der Waals surface area contributed by atoms with Gasteiger partial charge in [0.05, 0.1) is 52.3 Å². The average Bonchev–Trinajstić information content (AvgIpc) is 3.91. The second-order valence-electron chi connectivity index (χ2n) is 13.8. The lowest BCUT2D eigenvalue weighted by Gasteiger charge is -2.09. The van der Waals surface area contributed by atoms with Crippen LogP contribution in [0.15, 0.2) is 147 Å². The summed E-state index contributed by atoms with van der Waals surface area (Å²) in [5, 5.41) is 12.2. The number of carboxylic acid groups (broad SMARTS) is 1. The quantitative estimate of drug-likeness (QED) is 0.102. The van der Waals surface area contributed by atoms with Crippen molar-refractivity contribution < 1.29 is 18.7 Å². The van der Waals surface area contributed by atoms with E-state index in [9.17, 15) is 13.6 Å². The van der Waals surface area contributed by atoms with Crippen LogP contribution in [0, 0.1) is 11.6 Å². The van der Waals surface area contributed by atoms with E-state index in [1.165, 1.54) is 12.4 Å². The Bertz CT molecular complexity index is 3170. The highest BCUT2D eigenvalue weighted by Gasteiger charge is 2.19. The molecule has 4 N–H and O–H groups in total. The van der Waals surface area contributed by atoms with Crippen LogP contribution in [0.4, 0.5) is 20.4 Å². The van der Waals surface area contributed by atoms with Crippen molar-refractivity contribution in [1.82, 2.24) is 54.8 Å². The lowest BCUT2D eigenvalue weighted by molar-refractivity contribution is 0.0697. The Morgan fingerprint density at radius 1 is 0.565 bits per heavy atom. The van der Waals surface area contributed by atoms with E-state index in [4.69, 9.17) is 15.1 Å². The number of aromatic amines is 2. The fourth-order valence-corrected chi connectivity index (χ4v) is 6.81. The van der Waals surface area contributed by atoms with Gasteiger partial charge in [0.1, 0.15) is 17.5 Å². The van der Waals surface area contributed by atoms with Crippen LogP contribution in [0.25, 0.3) is 67.1 Å². The van der Waals surface area contributed by atoms with Gasteiger partial charge >= 0.3 is 5.97 Å². The van der Waals surface area contributed by atoms with Crippen molar-refractivity contribution >= 4 is 39.9 Å². The molecular formula is C46H32F2N12O2. The molecule has 0 saturated heterocycles. The van der Waals surface area contributed by atoms with Crippen LogP contribution in [0.5, 0.6) is 0 Å². The molecular weight excluding hydrogens is 791 g/mol. The van der Waals surface area contributed by atoms with Gasteiger partial charge in [0.15, 0.2) is 11.3 Å². The number of hydrogen-bond acceptors (Lipinski definition) is 11. The maximum Gasteiger partial charge on any atom is 0.335 e. The maximum absolute atomic E-state index is 14.6. The number of carboxylic acids is 1. The summed E-state index contributed by atoms with van der Waals surface area (Å²) in [6.45, 7) is 0. The number of H-pyrrole nitrogens is 2. The van der Waals surface area contributed by atoms with Crippen molar-refractivity contribution in [2.45, 2.75) is 12.8 Å². The van der Waals surface area contributed by atoms with Crippen LogP contribution in [-0.2, 0) is 12.8 Å². The SMILES string of the molecule is Fc1cnccc1-c1cc2[nH]c(Nc3cccnc3)nc2nc1-c1cccnc1.O=C(O)c1ccc(CCc2nc3nc(-c4cccnc4)c(-c4ccncc4F)cc3[nH]2)cc1. The molecule has 0 aliphatic rings. The molecule has 0 amide bonds. The number of nitrogens with one attached hydrogen (secondary N) is 3.